The predicted molar refractivity (Wildman–Crippen MR) is 81.4 cm³/mol. The third-order valence-corrected chi connectivity index (χ3v) is 4.01. The third kappa shape index (κ3) is 2.17. The fraction of sp³-hybridized carbons (Fsp3) is 0.0667. The number of rotatable bonds is 2. The van der Waals surface area contributed by atoms with E-state index < -0.39 is 0 Å². The molecule has 0 fully saturated rings. The fourth-order valence-electron chi connectivity index (χ4n) is 2.16. The Hall–Kier alpha value is -2.24. The van der Waals surface area contributed by atoms with Crippen molar-refractivity contribution >= 4 is 28.1 Å². The smallest absolute Gasteiger partial charge is 0.265 e. The summed E-state index contributed by atoms with van der Waals surface area (Å²) in [4.78, 5) is 17.7. The number of amides is 1. The SMILES string of the molecule is Cc1ccc2nc(-c3cccs3)cc(C(=O)NN)c2c1. The number of benzene rings is 1. The second-order valence-corrected chi connectivity index (χ2v) is 5.47. The molecule has 3 aromatic rings. The van der Waals surface area contributed by atoms with E-state index in [2.05, 4.69) is 10.4 Å². The lowest BCUT2D eigenvalue weighted by Crippen LogP contribution is -2.30. The number of nitrogens with one attached hydrogen (secondary N) is 1. The number of thiophene rings is 1. The molecule has 0 unspecified atom stereocenters. The Kier molecular flexibility index (Phi) is 3.22. The summed E-state index contributed by atoms with van der Waals surface area (Å²) in [6.07, 6.45) is 0. The highest BCUT2D eigenvalue weighted by Gasteiger charge is 2.13. The molecule has 0 saturated carbocycles. The van der Waals surface area contributed by atoms with Gasteiger partial charge in [-0.3, -0.25) is 10.2 Å². The third-order valence-electron chi connectivity index (χ3n) is 3.11. The summed E-state index contributed by atoms with van der Waals surface area (Å²) in [6, 6.07) is 11.6. The van der Waals surface area contributed by atoms with E-state index in [0.29, 0.717) is 5.56 Å². The van der Waals surface area contributed by atoms with Gasteiger partial charge in [-0.1, -0.05) is 17.7 Å². The zero-order valence-electron chi connectivity index (χ0n) is 10.9. The van der Waals surface area contributed by atoms with Gasteiger partial charge < -0.3 is 0 Å². The molecule has 1 amide bonds. The van der Waals surface area contributed by atoms with Gasteiger partial charge in [-0.2, -0.15) is 0 Å². The number of hydrazine groups is 1. The Morgan fingerprint density at radius 3 is 2.85 bits per heavy atom. The molecule has 3 rings (SSSR count). The van der Waals surface area contributed by atoms with E-state index in [9.17, 15) is 4.79 Å². The van der Waals surface area contributed by atoms with Crippen molar-refractivity contribution in [2.24, 2.45) is 5.84 Å². The number of pyridine rings is 1. The summed E-state index contributed by atoms with van der Waals surface area (Å²) in [5.74, 6) is 4.98. The number of hydrogen-bond acceptors (Lipinski definition) is 4. The maximum atomic E-state index is 12.0. The number of aryl methyl sites for hydroxylation is 1. The molecule has 0 radical (unpaired) electrons. The minimum Gasteiger partial charge on any atom is -0.290 e. The van der Waals surface area contributed by atoms with Crippen molar-refractivity contribution in [1.29, 1.82) is 0 Å². The second kappa shape index (κ2) is 5.03. The van der Waals surface area contributed by atoms with E-state index in [1.54, 1.807) is 17.4 Å². The average Bonchev–Trinajstić information content (AvgIpc) is 2.99. The molecule has 100 valence electrons. The summed E-state index contributed by atoms with van der Waals surface area (Å²) < 4.78 is 0. The van der Waals surface area contributed by atoms with Crippen molar-refractivity contribution in [3.05, 3.63) is 52.9 Å². The van der Waals surface area contributed by atoms with Gasteiger partial charge >= 0.3 is 0 Å². The molecule has 1 aromatic carbocycles. The average molecular weight is 283 g/mol. The van der Waals surface area contributed by atoms with Crippen LogP contribution < -0.4 is 11.3 Å². The number of aromatic nitrogens is 1. The molecule has 2 heterocycles. The monoisotopic (exact) mass is 283 g/mol. The molecule has 0 aliphatic carbocycles. The van der Waals surface area contributed by atoms with Gasteiger partial charge in [0.25, 0.3) is 5.91 Å². The molecule has 0 saturated heterocycles. The van der Waals surface area contributed by atoms with Crippen molar-refractivity contribution in [3.8, 4) is 10.6 Å². The van der Waals surface area contributed by atoms with E-state index in [-0.39, 0.29) is 5.91 Å². The Labute approximate surface area is 120 Å². The van der Waals surface area contributed by atoms with Gasteiger partial charge in [0.05, 0.1) is 21.7 Å². The first kappa shape index (κ1) is 12.8. The molecule has 4 nitrogen and oxygen atoms in total. The van der Waals surface area contributed by atoms with Gasteiger partial charge in [0.2, 0.25) is 0 Å². The Balaban J connectivity index is 2.31. The van der Waals surface area contributed by atoms with Crippen LogP contribution in [-0.4, -0.2) is 10.9 Å². The summed E-state index contributed by atoms with van der Waals surface area (Å²) in [6.45, 7) is 1.98. The summed E-state index contributed by atoms with van der Waals surface area (Å²) in [7, 11) is 0. The van der Waals surface area contributed by atoms with Crippen LogP contribution in [0.15, 0.2) is 41.8 Å². The summed E-state index contributed by atoms with van der Waals surface area (Å²) in [5.41, 5.74) is 5.40. The zero-order valence-corrected chi connectivity index (χ0v) is 11.7. The van der Waals surface area contributed by atoms with Crippen molar-refractivity contribution in [3.63, 3.8) is 0 Å². The van der Waals surface area contributed by atoms with Gasteiger partial charge in [0.1, 0.15) is 0 Å². The zero-order chi connectivity index (χ0) is 14.1. The highest BCUT2D eigenvalue weighted by Crippen LogP contribution is 2.28. The van der Waals surface area contributed by atoms with Crippen LogP contribution in [0.1, 0.15) is 15.9 Å². The first-order chi connectivity index (χ1) is 9.69. The number of carbonyl (C=O) groups is 1. The van der Waals surface area contributed by atoms with Crippen LogP contribution in [0, 0.1) is 6.92 Å². The number of nitrogen functional groups attached to an aromatic ring is 1. The van der Waals surface area contributed by atoms with Gasteiger partial charge in [-0.25, -0.2) is 10.8 Å². The van der Waals surface area contributed by atoms with Crippen LogP contribution in [0.4, 0.5) is 0 Å². The lowest BCUT2D eigenvalue weighted by atomic mass is 10.0. The van der Waals surface area contributed by atoms with Crippen LogP contribution in [0.25, 0.3) is 21.5 Å². The minimum absolute atomic E-state index is 0.305. The van der Waals surface area contributed by atoms with E-state index in [0.717, 1.165) is 27.0 Å². The molecule has 2 aromatic heterocycles. The van der Waals surface area contributed by atoms with Crippen LogP contribution >= 0.6 is 11.3 Å². The normalized spacial score (nSPS) is 10.7. The summed E-state index contributed by atoms with van der Waals surface area (Å²) in [5, 5.41) is 2.80. The molecule has 0 bridgehead atoms. The topological polar surface area (TPSA) is 68.0 Å². The van der Waals surface area contributed by atoms with Crippen LogP contribution in [0.3, 0.4) is 0 Å². The largest absolute Gasteiger partial charge is 0.290 e. The Morgan fingerprint density at radius 1 is 1.30 bits per heavy atom. The Morgan fingerprint density at radius 2 is 2.15 bits per heavy atom. The van der Waals surface area contributed by atoms with Gasteiger partial charge in [-0.15, -0.1) is 11.3 Å². The highest BCUT2D eigenvalue weighted by atomic mass is 32.1. The predicted octanol–water partition coefficient (Wildman–Crippen LogP) is 2.88. The van der Waals surface area contributed by atoms with Crippen molar-refractivity contribution in [2.75, 3.05) is 0 Å². The summed E-state index contributed by atoms with van der Waals surface area (Å²) >= 11 is 1.59. The van der Waals surface area contributed by atoms with E-state index in [4.69, 9.17) is 5.84 Å². The van der Waals surface area contributed by atoms with E-state index in [1.165, 1.54) is 0 Å². The molecule has 5 heteroatoms. The number of fused-ring (bicyclic) bond motifs is 1. The first-order valence-corrected chi connectivity index (χ1v) is 7.03. The Bertz CT molecular complexity index is 781. The first-order valence-electron chi connectivity index (χ1n) is 6.15. The van der Waals surface area contributed by atoms with Gasteiger partial charge in [-0.05, 0) is 36.6 Å². The molecular formula is C15H13N3OS. The van der Waals surface area contributed by atoms with Crippen LogP contribution in [-0.2, 0) is 0 Å². The van der Waals surface area contributed by atoms with E-state index in [1.807, 2.05) is 42.6 Å². The maximum absolute atomic E-state index is 12.0. The molecule has 20 heavy (non-hydrogen) atoms. The fourth-order valence-corrected chi connectivity index (χ4v) is 2.84. The standard InChI is InChI=1S/C15H13N3OS/c1-9-4-5-12-10(7-9)11(15(19)18-16)8-13(17-12)14-3-2-6-20-14/h2-8H,16H2,1H3,(H,18,19). The molecular weight excluding hydrogens is 270 g/mol. The van der Waals surface area contributed by atoms with Crippen molar-refractivity contribution in [2.45, 2.75) is 6.92 Å². The lowest BCUT2D eigenvalue weighted by molar-refractivity contribution is 0.0955. The molecule has 0 aliphatic rings. The van der Waals surface area contributed by atoms with Crippen molar-refractivity contribution in [1.82, 2.24) is 10.4 Å². The highest BCUT2D eigenvalue weighted by molar-refractivity contribution is 7.13. The second-order valence-electron chi connectivity index (χ2n) is 4.53. The molecule has 0 atom stereocenters. The number of nitrogens with zero attached hydrogens (tertiary/aromatic N) is 1. The van der Waals surface area contributed by atoms with E-state index >= 15 is 0 Å². The molecule has 3 N–H and O–H groups in total. The van der Waals surface area contributed by atoms with Crippen LogP contribution in [0.5, 0.6) is 0 Å². The number of hydrogen-bond donors (Lipinski definition) is 2. The minimum atomic E-state index is -0.305. The lowest BCUT2D eigenvalue weighted by Gasteiger charge is -2.08. The number of nitrogens with two attached hydrogens (primary N) is 1. The number of carbonyl (C=O) groups excluding carboxylic acids is 1. The quantitative estimate of drug-likeness (QED) is 0.432. The molecule has 0 aliphatic heterocycles. The van der Waals surface area contributed by atoms with Crippen LogP contribution in [0.2, 0.25) is 0 Å². The maximum Gasteiger partial charge on any atom is 0.265 e. The van der Waals surface area contributed by atoms with Gasteiger partial charge in [0, 0.05) is 5.39 Å². The molecule has 0 spiro atoms. The van der Waals surface area contributed by atoms with Crippen molar-refractivity contribution < 1.29 is 4.79 Å². The van der Waals surface area contributed by atoms with Gasteiger partial charge in [0.15, 0.2) is 0 Å².